The summed E-state index contributed by atoms with van der Waals surface area (Å²) in [5.41, 5.74) is 9.31. The molecule has 9 saturated carbocycles. The Labute approximate surface area is 685 Å². The molecular weight excluding hydrogens is 1570 g/mol. The summed E-state index contributed by atoms with van der Waals surface area (Å²) in [5.74, 6) is 11.2. The van der Waals surface area contributed by atoms with Crippen molar-refractivity contribution < 1.29 is 47.7 Å². The predicted octanol–water partition coefficient (Wildman–Crippen LogP) is 25.0. The van der Waals surface area contributed by atoms with Crippen molar-refractivity contribution in [3.05, 3.63) is 79.8 Å². The van der Waals surface area contributed by atoms with Gasteiger partial charge in [-0.3, -0.25) is 9.59 Å². The van der Waals surface area contributed by atoms with Crippen LogP contribution in [0.2, 0.25) is 39.3 Å². The summed E-state index contributed by atoms with van der Waals surface area (Å²) in [6.45, 7) is 49.6. The molecule has 23 atom stereocenters. The van der Waals surface area contributed by atoms with Crippen molar-refractivity contribution in [1.29, 1.82) is 0 Å². The van der Waals surface area contributed by atoms with Crippen molar-refractivity contribution >= 4 is 82.6 Å². The van der Waals surface area contributed by atoms with Gasteiger partial charge in [-0.2, -0.15) is 0 Å². The third-order valence-corrected chi connectivity index (χ3v) is 33.4. The van der Waals surface area contributed by atoms with Gasteiger partial charge in [0.1, 0.15) is 18.5 Å². The van der Waals surface area contributed by atoms with Crippen LogP contribution in [-0.2, 0) is 37.4 Å². The third-order valence-electron chi connectivity index (χ3n) is 29.6. The minimum Gasteiger partial charge on any atom is -0.462 e. The van der Waals surface area contributed by atoms with Gasteiger partial charge in [0.15, 0.2) is 16.6 Å². The van der Waals surface area contributed by atoms with Gasteiger partial charge < -0.3 is 38.1 Å². The lowest BCUT2D eigenvalue weighted by Gasteiger charge is -2.44. The Kier molecular flexibility index (Phi) is 32.9. The molecule has 0 aromatic heterocycles. The van der Waals surface area contributed by atoms with Crippen LogP contribution >= 0.6 is 47.8 Å². The number of aliphatic hydroxyl groups is 2. The highest BCUT2D eigenvalue weighted by molar-refractivity contribution is 9.11. The van der Waals surface area contributed by atoms with Crippen molar-refractivity contribution in [1.82, 2.24) is 0 Å². The van der Waals surface area contributed by atoms with Crippen LogP contribution in [-0.4, -0.2) is 94.4 Å². The lowest BCUT2D eigenvalue weighted by atomic mass is 9.60. The molecule has 12 aliphatic rings. The Morgan fingerprint density at radius 2 is 0.944 bits per heavy atom. The van der Waals surface area contributed by atoms with Crippen molar-refractivity contribution in [2.24, 2.45) is 104 Å². The van der Waals surface area contributed by atoms with E-state index in [2.05, 4.69) is 189 Å². The number of esters is 2. The molecule has 0 amide bonds. The summed E-state index contributed by atoms with van der Waals surface area (Å²) in [7, 11) is -3.13. The fourth-order valence-corrected chi connectivity index (χ4v) is 28.3. The molecular formula is C93H149Br3O10Si2. The number of hydrogen-bond acceptors (Lipinski definition) is 10. The molecule has 15 heteroatoms. The number of ether oxygens (including phenoxy) is 3. The van der Waals surface area contributed by atoms with E-state index < -0.39 is 28.8 Å². The normalized spacial score (nSPS) is 38.7. The molecule has 0 aromatic rings. The molecule has 12 fully saturated rings. The van der Waals surface area contributed by atoms with Gasteiger partial charge in [-0.05, 0) is 353 Å². The average molecular weight is 1720 g/mol. The van der Waals surface area contributed by atoms with E-state index in [-0.39, 0.29) is 47.2 Å². The van der Waals surface area contributed by atoms with Gasteiger partial charge in [0.05, 0.1) is 48.0 Å². The summed E-state index contributed by atoms with van der Waals surface area (Å²) in [6.07, 6.45) is 47.0. The molecule has 3 saturated heterocycles. The van der Waals surface area contributed by atoms with E-state index in [4.69, 9.17) is 29.5 Å². The molecule has 7 unspecified atom stereocenters. The average Bonchev–Trinajstić information content (AvgIpc) is 1.61. The molecule has 10 nitrogen and oxygen atoms in total. The van der Waals surface area contributed by atoms with Crippen LogP contribution < -0.4 is 0 Å². The van der Waals surface area contributed by atoms with Crippen LogP contribution in [0.5, 0.6) is 0 Å². The highest BCUT2D eigenvalue weighted by atomic mass is 79.9. The Balaban J connectivity index is 0.000000174. The van der Waals surface area contributed by atoms with Gasteiger partial charge in [-0.25, -0.2) is 0 Å². The molecule has 0 spiro atoms. The number of carbonyl (C=O) groups excluding carboxylic acids is 3. The van der Waals surface area contributed by atoms with Crippen LogP contribution in [0.25, 0.3) is 0 Å². The number of aldehydes is 1. The van der Waals surface area contributed by atoms with E-state index in [1.54, 1.807) is 16.7 Å². The maximum absolute atomic E-state index is 12.1. The Morgan fingerprint density at radius 1 is 0.574 bits per heavy atom. The van der Waals surface area contributed by atoms with Crippen molar-refractivity contribution in [2.45, 2.75) is 358 Å². The number of halogens is 3. The second-order valence-electron chi connectivity index (χ2n) is 40.7. The number of aliphatic hydroxyl groups excluding tert-OH is 2. The number of hydrogen-bond donors (Lipinski definition) is 2. The number of rotatable bonds is 21. The fraction of sp³-hybridized carbons (Fsp3) is 0.796. The second-order valence-corrected chi connectivity index (χ2v) is 51.0. The summed E-state index contributed by atoms with van der Waals surface area (Å²) in [4.78, 5) is 41.4. The summed E-state index contributed by atoms with van der Waals surface area (Å²) in [6, 6.07) is 0. The standard InChI is InChI=1S/C28H42O4.C20H31BrO2.C16H25BrO.C15H23BrO.C14H28O2Si2/c1-17(13-22-16-27(3,4)26(31)32-22)23-10-11-24-19(7-6-12-28(23,24)5)8-9-20-14-21(29)15-25(30)18(20)2;1-13(10-15-11-19(2,3)18(22)23-15)16-7-8-17-14(12-21)6-5-9-20(16,17)4;1-11(8-13-10-18-13)14-5-6-15-12(9-17)4-3-7-16(14,15)2;1-11(7-9-17)13-5-6-14-12(10-16)4-3-8-15(13,14)2;1-9-11-14(16-18(6,7)8)12-13(10-2)15-17(3,4)5/h8-9,17,21-25,29-30H,2,6-7,10-16H2,1,3-5H3;12-13,15-17H,5-11H2,1-4H3;9,11,13-15H,3-8,10H2,1-2H3;9-11,13-14H,3-8H2,1-2H3;1,10,13-14H,2,11-12H2,3-8H3/b19-8+,20-9-;14-12+;12-9+;12-10+;/t17-,21-,22?,23-,24?,25+,28-;13-,15?,16-,17?,20-;11-,13?,14-,15?,16-;11-,13-,14?,15-;13-,14-/m11111/s1. The lowest BCUT2D eigenvalue weighted by molar-refractivity contribution is -0.149. The van der Waals surface area contributed by atoms with Gasteiger partial charge in [0, 0.05) is 25.7 Å². The molecule has 3 aliphatic heterocycles. The molecule has 3 heterocycles. The predicted molar refractivity (Wildman–Crippen MR) is 462 cm³/mol. The lowest BCUT2D eigenvalue weighted by Crippen LogP contribution is -2.37. The van der Waals surface area contributed by atoms with Crippen LogP contribution in [0.4, 0.5) is 0 Å². The molecule has 9 aliphatic carbocycles. The van der Waals surface area contributed by atoms with Gasteiger partial charge in [-0.15, -0.1) is 18.9 Å². The summed E-state index contributed by atoms with van der Waals surface area (Å²) >= 11 is 10.7. The van der Waals surface area contributed by atoms with Crippen LogP contribution in [0.1, 0.15) is 276 Å². The molecule has 108 heavy (non-hydrogen) atoms. The van der Waals surface area contributed by atoms with Gasteiger partial charge >= 0.3 is 11.9 Å². The molecule has 0 aromatic carbocycles. The van der Waals surface area contributed by atoms with Gasteiger partial charge in [-0.1, -0.05) is 150 Å². The minimum absolute atomic E-state index is 0.00705. The van der Waals surface area contributed by atoms with E-state index in [0.29, 0.717) is 76.6 Å². The fourth-order valence-electron chi connectivity index (χ4n) is 24.4. The first-order valence-electron chi connectivity index (χ1n) is 42.9. The quantitative estimate of drug-likeness (QED) is 0.0285. The van der Waals surface area contributed by atoms with Crippen molar-refractivity contribution in [3.8, 4) is 12.3 Å². The number of fused-ring (bicyclic) bond motifs is 4. The first-order valence-corrected chi connectivity index (χ1v) is 52.4. The van der Waals surface area contributed by atoms with Gasteiger partial charge in [0.2, 0.25) is 0 Å². The molecule has 0 radical (unpaired) electrons. The zero-order valence-corrected chi connectivity index (χ0v) is 77.5. The monoisotopic (exact) mass is 1720 g/mol. The van der Waals surface area contributed by atoms with E-state index in [0.717, 1.165) is 110 Å². The Bertz CT molecular complexity index is 3250. The largest absolute Gasteiger partial charge is 0.462 e. The van der Waals surface area contributed by atoms with E-state index >= 15 is 0 Å². The van der Waals surface area contributed by atoms with E-state index in [1.807, 2.05) is 33.8 Å². The summed E-state index contributed by atoms with van der Waals surface area (Å²) < 4.78 is 29.0. The zero-order chi connectivity index (χ0) is 79.7. The topological polar surface area (TPSA) is 141 Å². The number of allylic oxidation sites excluding steroid dienone is 6. The number of cyclic esters (lactones) is 2. The molecule has 2 N–H and O–H groups in total. The second kappa shape index (κ2) is 38.9. The van der Waals surface area contributed by atoms with Gasteiger partial charge in [0.25, 0.3) is 0 Å². The van der Waals surface area contributed by atoms with Crippen molar-refractivity contribution in [3.63, 3.8) is 0 Å². The van der Waals surface area contributed by atoms with Crippen molar-refractivity contribution in [2.75, 3.05) is 6.61 Å². The SMILES string of the molecule is C#CC[C@H](C[C@@H](C=C)O[Si](C)(C)C)O[Si](C)(C)C.C=C1/C(=C\C=C2/CCC[C@@]3(C)C2CC[C@@H]3[C@H](C)CC2CC(C)(C)C(=O)O2)C[C@@H](O)C[C@@H]1O.C[C@H](CC1CC(C)(C)C(=O)O1)[C@H]1CCC2/C(=C/Br)CCC[C@@]21C.C[C@H](CC1CO1)[C@H]1CCC2/C(=C/Br)CCC[C@@]21C.C[C@H](CC=O)[C@H]1CCC2/C(=C/Br)CCC[C@@]21C. The van der Waals surface area contributed by atoms with Crippen LogP contribution in [0.3, 0.4) is 0 Å². The zero-order valence-electron chi connectivity index (χ0n) is 70.7. The molecule has 12 rings (SSSR count). The van der Waals surface area contributed by atoms with E-state index in [9.17, 15) is 24.6 Å². The summed E-state index contributed by atoms with van der Waals surface area (Å²) in [5, 5.41) is 20.2. The number of epoxide rings is 1. The maximum Gasteiger partial charge on any atom is 0.311 e. The first kappa shape index (κ1) is 91.5. The highest BCUT2D eigenvalue weighted by Gasteiger charge is 2.56. The van der Waals surface area contributed by atoms with Crippen LogP contribution in [0.15, 0.2) is 79.8 Å². The van der Waals surface area contributed by atoms with Crippen LogP contribution in [0, 0.1) is 116 Å². The number of carbonyl (C=O) groups is 3. The Hall–Kier alpha value is -1.98. The third kappa shape index (κ3) is 22.8. The molecule has 610 valence electrons. The molecule has 0 bridgehead atoms. The minimum atomic E-state index is -1.57. The highest BCUT2D eigenvalue weighted by Crippen LogP contribution is 2.64. The maximum atomic E-state index is 12.1. The first-order chi connectivity index (χ1) is 50.6. The number of terminal acetylenes is 1. The Morgan fingerprint density at radius 3 is 1.28 bits per heavy atom. The van der Waals surface area contributed by atoms with E-state index in [1.165, 1.54) is 134 Å². The smallest absolute Gasteiger partial charge is 0.311 e.